The summed E-state index contributed by atoms with van der Waals surface area (Å²) in [6.45, 7) is 5.21. The van der Waals surface area contributed by atoms with Crippen molar-refractivity contribution in [2.24, 2.45) is 5.73 Å². The number of halogens is 1. The Bertz CT molecular complexity index is 456. The van der Waals surface area contributed by atoms with Crippen molar-refractivity contribution in [2.75, 3.05) is 33.4 Å². The molecule has 0 spiro atoms. The Labute approximate surface area is 132 Å². The molecule has 2 unspecified atom stereocenters. The number of ether oxygens (including phenoxy) is 2. The highest BCUT2D eigenvalue weighted by molar-refractivity contribution is 6.32. The van der Waals surface area contributed by atoms with E-state index in [2.05, 4.69) is 18.9 Å². The van der Waals surface area contributed by atoms with Crippen LogP contribution < -0.4 is 10.5 Å². The van der Waals surface area contributed by atoms with Crippen LogP contribution in [0.15, 0.2) is 18.2 Å². The lowest BCUT2D eigenvalue weighted by atomic mass is 10.0. The molecule has 4 nitrogen and oxygen atoms in total. The zero-order chi connectivity index (χ0) is 15.2. The molecule has 1 fully saturated rings. The van der Waals surface area contributed by atoms with E-state index in [1.165, 1.54) is 0 Å². The van der Waals surface area contributed by atoms with Crippen LogP contribution in [0.1, 0.15) is 18.9 Å². The highest BCUT2D eigenvalue weighted by atomic mass is 35.5. The minimum absolute atomic E-state index is 0.0905. The van der Waals surface area contributed by atoms with Crippen LogP contribution in [0.4, 0.5) is 0 Å². The molecule has 0 aromatic heterocycles. The summed E-state index contributed by atoms with van der Waals surface area (Å²) in [5, 5.41) is 0.639. The Morgan fingerprint density at radius 1 is 1.52 bits per heavy atom. The molecule has 0 aliphatic carbocycles. The van der Waals surface area contributed by atoms with Crippen LogP contribution in [0.25, 0.3) is 0 Å². The normalized spacial score (nSPS) is 21.2. The molecule has 1 saturated heterocycles. The summed E-state index contributed by atoms with van der Waals surface area (Å²) in [5.41, 5.74) is 7.12. The maximum Gasteiger partial charge on any atom is 0.141 e. The van der Waals surface area contributed by atoms with E-state index in [1.807, 2.05) is 18.2 Å². The molecule has 118 valence electrons. The fourth-order valence-electron chi connectivity index (χ4n) is 2.45. The minimum Gasteiger partial charge on any atom is -0.489 e. The number of morpholine rings is 1. The van der Waals surface area contributed by atoms with Crippen molar-refractivity contribution >= 4 is 11.6 Å². The molecule has 1 aliphatic heterocycles. The second kappa shape index (κ2) is 7.99. The predicted octanol–water partition coefficient (Wildman–Crippen LogP) is 2.33. The third-order valence-electron chi connectivity index (χ3n) is 3.81. The maximum atomic E-state index is 6.29. The number of para-hydroxylation sites is 1. The van der Waals surface area contributed by atoms with Crippen molar-refractivity contribution in [2.45, 2.75) is 31.9 Å². The number of benzene rings is 1. The lowest BCUT2D eigenvalue weighted by Crippen LogP contribution is -2.42. The average Bonchev–Trinajstić information content (AvgIpc) is 2.46. The van der Waals surface area contributed by atoms with E-state index in [4.69, 9.17) is 26.8 Å². The van der Waals surface area contributed by atoms with Crippen molar-refractivity contribution < 1.29 is 9.47 Å². The quantitative estimate of drug-likeness (QED) is 0.876. The molecular weight excluding hydrogens is 288 g/mol. The van der Waals surface area contributed by atoms with Gasteiger partial charge in [0.25, 0.3) is 0 Å². The summed E-state index contributed by atoms with van der Waals surface area (Å²) in [6, 6.07) is 5.96. The maximum absolute atomic E-state index is 6.29. The first-order chi connectivity index (χ1) is 10.1. The molecule has 21 heavy (non-hydrogen) atoms. The van der Waals surface area contributed by atoms with Gasteiger partial charge < -0.3 is 20.1 Å². The average molecular weight is 313 g/mol. The first-order valence-corrected chi connectivity index (χ1v) is 7.93. The van der Waals surface area contributed by atoms with Crippen LogP contribution in [-0.4, -0.2) is 50.4 Å². The van der Waals surface area contributed by atoms with Gasteiger partial charge in [-0.25, -0.2) is 0 Å². The smallest absolute Gasteiger partial charge is 0.141 e. The Balaban J connectivity index is 2.01. The molecule has 0 amide bonds. The van der Waals surface area contributed by atoms with Gasteiger partial charge in [-0.3, -0.25) is 0 Å². The second-order valence-electron chi connectivity index (χ2n) is 5.67. The van der Waals surface area contributed by atoms with Gasteiger partial charge in [-0.05, 0) is 31.5 Å². The lowest BCUT2D eigenvalue weighted by Gasteiger charge is -2.30. The Hall–Kier alpha value is -0.810. The highest BCUT2D eigenvalue weighted by Crippen LogP contribution is 2.30. The van der Waals surface area contributed by atoms with E-state index < -0.39 is 0 Å². The minimum atomic E-state index is 0.0905. The van der Waals surface area contributed by atoms with Crippen molar-refractivity contribution in [1.29, 1.82) is 0 Å². The topological polar surface area (TPSA) is 47.7 Å². The number of nitrogens with two attached hydrogens (primary N) is 1. The van der Waals surface area contributed by atoms with Crippen LogP contribution in [0.5, 0.6) is 5.75 Å². The van der Waals surface area contributed by atoms with Gasteiger partial charge in [0.1, 0.15) is 18.5 Å². The highest BCUT2D eigenvalue weighted by Gasteiger charge is 2.20. The second-order valence-corrected chi connectivity index (χ2v) is 6.07. The van der Waals surface area contributed by atoms with Crippen molar-refractivity contribution in [3.63, 3.8) is 0 Å². The number of hydrogen-bond donors (Lipinski definition) is 1. The van der Waals surface area contributed by atoms with E-state index in [1.54, 1.807) is 0 Å². The fourth-order valence-corrected chi connectivity index (χ4v) is 2.70. The van der Waals surface area contributed by atoms with Crippen LogP contribution in [-0.2, 0) is 11.2 Å². The summed E-state index contributed by atoms with van der Waals surface area (Å²) in [4.78, 5) is 2.25. The molecule has 2 N–H and O–H groups in total. The fraction of sp³-hybridized carbons (Fsp3) is 0.625. The molecule has 5 heteroatoms. The third-order valence-corrected chi connectivity index (χ3v) is 4.11. The Morgan fingerprint density at radius 3 is 3.05 bits per heavy atom. The number of hydrogen-bond acceptors (Lipinski definition) is 4. The van der Waals surface area contributed by atoms with Gasteiger partial charge in [0, 0.05) is 19.1 Å². The van der Waals surface area contributed by atoms with Crippen molar-refractivity contribution in [1.82, 2.24) is 4.90 Å². The van der Waals surface area contributed by atoms with Gasteiger partial charge in [-0.15, -0.1) is 0 Å². The number of nitrogens with zero attached hydrogens (tertiary/aromatic N) is 1. The zero-order valence-electron chi connectivity index (χ0n) is 12.8. The molecule has 1 aliphatic rings. The summed E-state index contributed by atoms with van der Waals surface area (Å²) < 4.78 is 11.7. The third kappa shape index (κ3) is 4.85. The summed E-state index contributed by atoms with van der Waals surface area (Å²) in [5.74, 6) is 0.750. The largest absolute Gasteiger partial charge is 0.489 e. The van der Waals surface area contributed by atoms with E-state index in [-0.39, 0.29) is 12.1 Å². The van der Waals surface area contributed by atoms with E-state index in [0.29, 0.717) is 11.6 Å². The van der Waals surface area contributed by atoms with Gasteiger partial charge in [0.15, 0.2) is 0 Å². The van der Waals surface area contributed by atoms with Gasteiger partial charge in [-0.2, -0.15) is 0 Å². The monoisotopic (exact) mass is 312 g/mol. The molecule has 0 saturated carbocycles. The van der Waals surface area contributed by atoms with Gasteiger partial charge in [-0.1, -0.05) is 30.7 Å². The van der Waals surface area contributed by atoms with E-state index in [0.717, 1.165) is 43.9 Å². The predicted molar refractivity (Wildman–Crippen MR) is 86.2 cm³/mol. The Kier molecular flexibility index (Phi) is 6.30. The van der Waals surface area contributed by atoms with Gasteiger partial charge in [0.05, 0.1) is 11.6 Å². The van der Waals surface area contributed by atoms with Crippen molar-refractivity contribution in [3.8, 4) is 5.75 Å². The molecule has 2 rings (SSSR count). The first kappa shape index (κ1) is 16.6. The Morgan fingerprint density at radius 2 is 2.33 bits per heavy atom. The van der Waals surface area contributed by atoms with E-state index in [9.17, 15) is 0 Å². The molecule has 0 radical (unpaired) electrons. The molecule has 2 atom stereocenters. The first-order valence-electron chi connectivity index (χ1n) is 7.56. The zero-order valence-corrected chi connectivity index (χ0v) is 13.6. The van der Waals surface area contributed by atoms with Crippen LogP contribution in [0.3, 0.4) is 0 Å². The van der Waals surface area contributed by atoms with Gasteiger partial charge >= 0.3 is 0 Å². The standard InChI is InChI=1S/C16H25ClN2O2/c1-3-13(18)9-12-5-4-6-15(17)16(12)21-11-14-10-19(2)7-8-20-14/h4-6,13-14H,3,7-11,18H2,1-2H3. The molecule has 1 heterocycles. The molecular formula is C16H25ClN2O2. The van der Waals surface area contributed by atoms with Crippen LogP contribution >= 0.6 is 11.6 Å². The number of likely N-dealkylation sites (N-methyl/N-ethyl adjacent to an activating group) is 1. The summed E-state index contributed by atoms with van der Waals surface area (Å²) >= 11 is 6.29. The molecule has 1 aromatic carbocycles. The lowest BCUT2D eigenvalue weighted by molar-refractivity contribution is -0.0404. The van der Waals surface area contributed by atoms with Crippen LogP contribution in [0.2, 0.25) is 5.02 Å². The van der Waals surface area contributed by atoms with E-state index >= 15 is 0 Å². The van der Waals surface area contributed by atoms with Gasteiger partial charge in [0.2, 0.25) is 0 Å². The molecule has 0 bridgehead atoms. The SMILES string of the molecule is CCC(N)Cc1cccc(Cl)c1OCC1CN(C)CCO1. The van der Waals surface area contributed by atoms with Crippen molar-refractivity contribution in [3.05, 3.63) is 28.8 Å². The summed E-state index contributed by atoms with van der Waals surface area (Å²) in [6.07, 6.45) is 1.80. The van der Waals surface area contributed by atoms with Crippen LogP contribution in [0, 0.1) is 0 Å². The summed E-state index contributed by atoms with van der Waals surface area (Å²) in [7, 11) is 2.09. The molecule has 1 aromatic rings. The number of rotatable bonds is 6.